The smallest absolute Gasteiger partial charge is 0.123 e. The van der Waals surface area contributed by atoms with E-state index in [1.54, 1.807) is 7.11 Å². The molecule has 4 nitrogen and oxygen atoms in total. The molecule has 0 spiro atoms. The number of rotatable bonds is 6. The molecule has 1 N–H and O–H groups in total. The molecule has 112 valence electrons. The fraction of sp³-hybridized carbons (Fsp3) is 0.625. The Morgan fingerprint density at radius 1 is 1.45 bits per heavy atom. The number of likely N-dealkylation sites (N-methyl/N-ethyl adjacent to an activating group) is 1. The van der Waals surface area contributed by atoms with Gasteiger partial charge in [0.15, 0.2) is 0 Å². The summed E-state index contributed by atoms with van der Waals surface area (Å²) in [6, 6.07) is 4.74. The van der Waals surface area contributed by atoms with Crippen LogP contribution >= 0.6 is 0 Å². The van der Waals surface area contributed by atoms with Crippen LogP contribution in [0.4, 0.5) is 0 Å². The molecule has 2 atom stereocenters. The largest absolute Gasteiger partial charge is 0.496 e. The minimum absolute atomic E-state index is 0.270. The number of fused-ring (bicyclic) bond motifs is 1. The van der Waals surface area contributed by atoms with Gasteiger partial charge in [0.2, 0.25) is 0 Å². The Labute approximate surface area is 122 Å². The maximum absolute atomic E-state index is 5.82. The average Bonchev–Trinajstić information content (AvgIpc) is 2.76. The third-order valence-electron chi connectivity index (χ3n) is 3.94. The summed E-state index contributed by atoms with van der Waals surface area (Å²) in [6.07, 6.45) is 1.24. The molecule has 2 unspecified atom stereocenters. The van der Waals surface area contributed by atoms with E-state index in [9.17, 15) is 0 Å². The Morgan fingerprint density at radius 2 is 2.20 bits per heavy atom. The van der Waals surface area contributed by atoms with Gasteiger partial charge in [-0.1, -0.05) is 0 Å². The van der Waals surface area contributed by atoms with Gasteiger partial charge in [-0.3, -0.25) is 0 Å². The second-order valence-electron chi connectivity index (χ2n) is 5.85. The van der Waals surface area contributed by atoms with Crippen molar-refractivity contribution >= 4 is 0 Å². The number of nitrogens with one attached hydrogen (secondary N) is 1. The van der Waals surface area contributed by atoms with Crippen LogP contribution in [0.2, 0.25) is 0 Å². The van der Waals surface area contributed by atoms with Crippen molar-refractivity contribution in [2.24, 2.45) is 0 Å². The normalized spacial score (nSPS) is 18.8. The second kappa shape index (κ2) is 6.46. The highest BCUT2D eigenvalue weighted by Crippen LogP contribution is 2.34. The SMILES string of the molecule is COc1cc2c(cc1CNCC(C)N(C)C)OC(C)C2. The van der Waals surface area contributed by atoms with E-state index in [1.165, 1.54) is 5.56 Å². The van der Waals surface area contributed by atoms with Crippen molar-refractivity contribution in [3.8, 4) is 11.5 Å². The number of hydrogen-bond donors (Lipinski definition) is 1. The molecule has 1 aliphatic rings. The summed E-state index contributed by atoms with van der Waals surface area (Å²) in [4.78, 5) is 2.21. The van der Waals surface area contributed by atoms with Gasteiger partial charge in [0.1, 0.15) is 17.6 Å². The molecule has 4 heteroatoms. The number of methoxy groups -OCH3 is 1. The molecule has 20 heavy (non-hydrogen) atoms. The van der Waals surface area contributed by atoms with Crippen LogP contribution in [-0.4, -0.2) is 44.8 Å². The maximum Gasteiger partial charge on any atom is 0.123 e. The first-order valence-electron chi connectivity index (χ1n) is 7.24. The van der Waals surface area contributed by atoms with Gasteiger partial charge in [-0.05, 0) is 40.1 Å². The summed E-state index contributed by atoms with van der Waals surface area (Å²) in [5, 5.41) is 3.48. The topological polar surface area (TPSA) is 33.7 Å². The number of nitrogens with zero attached hydrogens (tertiary/aromatic N) is 1. The van der Waals surface area contributed by atoms with Crippen molar-refractivity contribution < 1.29 is 9.47 Å². The van der Waals surface area contributed by atoms with Crippen molar-refractivity contribution in [3.63, 3.8) is 0 Å². The van der Waals surface area contributed by atoms with E-state index in [4.69, 9.17) is 9.47 Å². The molecule has 0 bridgehead atoms. The van der Waals surface area contributed by atoms with Gasteiger partial charge in [0.25, 0.3) is 0 Å². The molecule has 0 aromatic heterocycles. The van der Waals surface area contributed by atoms with E-state index < -0.39 is 0 Å². The summed E-state index contributed by atoms with van der Waals surface area (Å²) in [6.45, 7) is 6.05. The van der Waals surface area contributed by atoms with Crippen LogP contribution in [0.5, 0.6) is 11.5 Å². The number of hydrogen-bond acceptors (Lipinski definition) is 4. The highest BCUT2D eigenvalue weighted by molar-refractivity contribution is 5.48. The first-order valence-corrected chi connectivity index (χ1v) is 7.24. The van der Waals surface area contributed by atoms with Gasteiger partial charge < -0.3 is 19.7 Å². The van der Waals surface area contributed by atoms with Gasteiger partial charge in [-0.25, -0.2) is 0 Å². The molecule has 1 aliphatic heterocycles. The van der Waals surface area contributed by atoms with E-state index in [0.29, 0.717) is 6.04 Å². The summed E-state index contributed by atoms with van der Waals surface area (Å²) in [5.74, 6) is 1.96. The Hall–Kier alpha value is -1.26. The summed E-state index contributed by atoms with van der Waals surface area (Å²) in [7, 11) is 5.92. The standard InChI is InChI=1S/C16H26N2O2/c1-11(18(3)4)9-17-10-14-8-16-13(6-12(2)20-16)7-15(14)19-5/h7-8,11-12,17H,6,9-10H2,1-5H3. The second-order valence-corrected chi connectivity index (χ2v) is 5.85. The van der Waals surface area contributed by atoms with Crippen LogP contribution in [0.3, 0.4) is 0 Å². The highest BCUT2D eigenvalue weighted by Gasteiger charge is 2.21. The summed E-state index contributed by atoms with van der Waals surface area (Å²) in [5.41, 5.74) is 2.41. The molecule has 1 aromatic rings. The predicted molar refractivity (Wildman–Crippen MR) is 81.6 cm³/mol. The van der Waals surface area contributed by atoms with Crippen molar-refractivity contribution in [3.05, 3.63) is 23.3 Å². The predicted octanol–water partition coefficient (Wildman–Crippen LogP) is 2.06. The monoisotopic (exact) mass is 278 g/mol. The Morgan fingerprint density at radius 3 is 2.85 bits per heavy atom. The maximum atomic E-state index is 5.82. The fourth-order valence-corrected chi connectivity index (χ4v) is 2.41. The van der Waals surface area contributed by atoms with Gasteiger partial charge in [-0.15, -0.1) is 0 Å². The fourth-order valence-electron chi connectivity index (χ4n) is 2.41. The molecule has 0 saturated carbocycles. The molecule has 1 heterocycles. The van der Waals surface area contributed by atoms with Crippen LogP contribution in [0.25, 0.3) is 0 Å². The Bertz CT molecular complexity index is 460. The molecule has 0 radical (unpaired) electrons. The first-order chi connectivity index (χ1) is 9.51. The van der Waals surface area contributed by atoms with E-state index in [2.05, 4.69) is 50.3 Å². The molecule has 2 rings (SSSR count). The first kappa shape index (κ1) is 15.1. The highest BCUT2D eigenvalue weighted by atomic mass is 16.5. The van der Waals surface area contributed by atoms with Crippen LogP contribution in [0, 0.1) is 0 Å². The minimum Gasteiger partial charge on any atom is -0.496 e. The van der Waals surface area contributed by atoms with Gasteiger partial charge in [0, 0.05) is 36.7 Å². The van der Waals surface area contributed by atoms with E-state index in [0.717, 1.165) is 36.6 Å². The Kier molecular flexibility index (Phi) is 4.89. The average molecular weight is 278 g/mol. The molecular formula is C16H26N2O2. The molecule has 0 amide bonds. The van der Waals surface area contributed by atoms with Crippen molar-refractivity contribution in [1.82, 2.24) is 10.2 Å². The lowest BCUT2D eigenvalue weighted by Crippen LogP contribution is -2.35. The van der Waals surface area contributed by atoms with Crippen LogP contribution in [0.15, 0.2) is 12.1 Å². The zero-order valence-corrected chi connectivity index (χ0v) is 13.2. The van der Waals surface area contributed by atoms with Crippen LogP contribution in [0.1, 0.15) is 25.0 Å². The number of ether oxygens (including phenoxy) is 2. The molecular weight excluding hydrogens is 252 g/mol. The third kappa shape index (κ3) is 3.44. The van der Waals surface area contributed by atoms with Gasteiger partial charge in [0.05, 0.1) is 7.11 Å². The van der Waals surface area contributed by atoms with Crippen molar-refractivity contribution in [2.45, 2.75) is 39.0 Å². The summed E-state index contributed by atoms with van der Waals surface area (Å²) >= 11 is 0. The molecule has 0 saturated heterocycles. The zero-order chi connectivity index (χ0) is 14.7. The minimum atomic E-state index is 0.270. The molecule has 0 fully saturated rings. The van der Waals surface area contributed by atoms with E-state index in [-0.39, 0.29) is 6.10 Å². The van der Waals surface area contributed by atoms with Crippen molar-refractivity contribution in [1.29, 1.82) is 0 Å². The van der Waals surface area contributed by atoms with E-state index >= 15 is 0 Å². The molecule has 1 aromatic carbocycles. The molecule has 0 aliphatic carbocycles. The number of benzene rings is 1. The zero-order valence-electron chi connectivity index (χ0n) is 13.2. The quantitative estimate of drug-likeness (QED) is 0.863. The lowest BCUT2D eigenvalue weighted by Gasteiger charge is -2.20. The van der Waals surface area contributed by atoms with Gasteiger partial charge >= 0.3 is 0 Å². The Balaban J connectivity index is 2.02. The van der Waals surface area contributed by atoms with E-state index in [1.807, 2.05) is 0 Å². The van der Waals surface area contributed by atoms with Crippen molar-refractivity contribution in [2.75, 3.05) is 27.7 Å². The lowest BCUT2D eigenvalue weighted by molar-refractivity contribution is 0.254. The third-order valence-corrected chi connectivity index (χ3v) is 3.94. The lowest BCUT2D eigenvalue weighted by atomic mass is 10.1. The van der Waals surface area contributed by atoms with Crippen LogP contribution < -0.4 is 14.8 Å². The van der Waals surface area contributed by atoms with Gasteiger partial charge in [-0.2, -0.15) is 0 Å². The van der Waals surface area contributed by atoms with Crippen LogP contribution in [-0.2, 0) is 13.0 Å². The summed E-state index contributed by atoms with van der Waals surface area (Å²) < 4.78 is 11.3.